The molecule has 0 aliphatic carbocycles. The van der Waals surface area contributed by atoms with Gasteiger partial charge in [-0.15, -0.1) is 10.2 Å². The summed E-state index contributed by atoms with van der Waals surface area (Å²) in [5.41, 5.74) is 6.07. The highest BCUT2D eigenvalue weighted by molar-refractivity contribution is 7.99. The highest BCUT2D eigenvalue weighted by Gasteiger charge is 2.22. The molecule has 0 amide bonds. The molecule has 2 aromatic heterocycles. The van der Waals surface area contributed by atoms with E-state index in [1.807, 2.05) is 24.3 Å². The molecule has 27 heavy (non-hydrogen) atoms. The van der Waals surface area contributed by atoms with Gasteiger partial charge in [0.1, 0.15) is 5.69 Å². The number of aromatic nitrogens is 5. The molecule has 1 aliphatic heterocycles. The summed E-state index contributed by atoms with van der Waals surface area (Å²) in [6.45, 7) is 2.07. The van der Waals surface area contributed by atoms with Gasteiger partial charge >= 0.3 is 0 Å². The third kappa shape index (κ3) is 2.96. The zero-order valence-corrected chi connectivity index (χ0v) is 15.4. The van der Waals surface area contributed by atoms with Gasteiger partial charge in [-0.3, -0.25) is 5.10 Å². The van der Waals surface area contributed by atoms with Gasteiger partial charge in [-0.2, -0.15) is 14.9 Å². The Morgan fingerprint density at radius 2 is 1.78 bits per heavy atom. The monoisotopic (exact) mass is 372 g/mol. The zero-order chi connectivity index (χ0) is 18.2. The average molecular weight is 372 g/mol. The van der Waals surface area contributed by atoms with Crippen molar-refractivity contribution >= 4 is 17.5 Å². The van der Waals surface area contributed by atoms with Gasteiger partial charge in [0.2, 0.25) is 11.0 Å². The Hall–Kier alpha value is -3.19. The fourth-order valence-corrected chi connectivity index (χ4v) is 3.81. The first-order valence-corrected chi connectivity index (χ1v) is 9.61. The lowest BCUT2D eigenvalue weighted by atomic mass is 10.1. The van der Waals surface area contributed by atoms with Crippen LogP contribution in [0.4, 0.5) is 0 Å². The van der Waals surface area contributed by atoms with Crippen molar-refractivity contribution in [1.29, 1.82) is 0 Å². The Morgan fingerprint density at radius 3 is 2.59 bits per heavy atom. The summed E-state index contributed by atoms with van der Waals surface area (Å²) in [5, 5.41) is 21.7. The third-order valence-electron chi connectivity index (χ3n) is 4.44. The zero-order valence-electron chi connectivity index (χ0n) is 14.6. The van der Waals surface area contributed by atoms with E-state index in [9.17, 15) is 0 Å². The molecule has 0 fully saturated rings. The molecule has 0 saturated heterocycles. The molecule has 6 nitrogen and oxygen atoms in total. The van der Waals surface area contributed by atoms with Crippen LogP contribution in [0, 0.1) is 6.92 Å². The van der Waals surface area contributed by atoms with Crippen molar-refractivity contribution in [2.24, 2.45) is 5.10 Å². The van der Waals surface area contributed by atoms with E-state index in [-0.39, 0.29) is 0 Å². The lowest BCUT2D eigenvalue weighted by Gasteiger charge is -2.13. The predicted molar refractivity (Wildman–Crippen MR) is 107 cm³/mol. The van der Waals surface area contributed by atoms with Gasteiger partial charge in [-0.05, 0) is 18.6 Å². The van der Waals surface area contributed by atoms with Gasteiger partial charge in [-0.25, -0.2) is 0 Å². The minimum atomic E-state index is 0.663. The summed E-state index contributed by atoms with van der Waals surface area (Å²) in [6, 6.07) is 20.5. The van der Waals surface area contributed by atoms with Gasteiger partial charge in [0.15, 0.2) is 0 Å². The Balaban J connectivity index is 1.53. The molecule has 2 aromatic carbocycles. The largest absolute Gasteiger partial charge is 0.274 e. The van der Waals surface area contributed by atoms with Crippen molar-refractivity contribution in [3.63, 3.8) is 0 Å². The van der Waals surface area contributed by atoms with E-state index >= 15 is 0 Å². The van der Waals surface area contributed by atoms with E-state index in [0.29, 0.717) is 5.82 Å². The fraction of sp³-hybridized carbons (Fsp3) is 0.100. The summed E-state index contributed by atoms with van der Waals surface area (Å²) in [6.07, 6.45) is 0. The molecule has 132 valence electrons. The predicted octanol–water partition coefficient (Wildman–Crippen LogP) is 4.00. The summed E-state index contributed by atoms with van der Waals surface area (Å²) in [4.78, 5) is 0. The number of aryl methyl sites for hydroxylation is 1. The number of benzene rings is 2. The molecule has 7 heteroatoms. The van der Waals surface area contributed by atoms with Gasteiger partial charge in [-0.1, -0.05) is 71.9 Å². The first-order chi connectivity index (χ1) is 13.3. The Kier molecular flexibility index (Phi) is 3.86. The number of nitrogens with one attached hydrogen (secondary N) is 1. The lowest BCUT2D eigenvalue weighted by molar-refractivity contribution is 0.760. The number of thioether (sulfide) groups is 1. The van der Waals surface area contributed by atoms with E-state index in [1.54, 1.807) is 16.4 Å². The normalized spacial score (nSPS) is 13.3. The van der Waals surface area contributed by atoms with Crippen LogP contribution >= 0.6 is 11.8 Å². The van der Waals surface area contributed by atoms with Crippen molar-refractivity contribution in [1.82, 2.24) is 25.1 Å². The van der Waals surface area contributed by atoms with Crippen LogP contribution < -0.4 is 0 Å². The maximum absolute atomic E-state index is 4.79. The fourth-order valence-electron chi connectivity index (χ4n) is 2.98. The van der Waals surface area contributed by atoms with E-state index in [0.717, 1.165) is 39.1 Å². The van der Waals surface area contributed by atoms with Crippen LogP contribution in [0.1, 0.15) is 11.1 Å². The van der Waals surface area contributed by atoms with E-state index in [4.69, 9.17) is 5.10 Å². The topological polar surface area (TPSA) is 71.8 Å². The summed E-state index contributed by atoms with van der Waals surface area (Å²) in [7, 11) is 0. The van der Waals surface area contributed by atoms with Crippen molar-refractivity contribution in [3.05, 3.63) is 71.8 Å². The first kappa shape index (κ1) is 16.0. The molecule has 4 aromatic rings. The van der Waals surface area contributed by atoms with Gasteiger partial charge in [0.25, 0.3) is 0 Å². The van der Waals surface area contributed by atoms with Crippen LogP contribution in [0.3, 0.4) is 0 Å². The van der Waals surface area contributed by atoms with Gasteiger partial charge in [0.05, 0.1) is 11.4 Å². The second kappa shape index (κ2) is 6.51. The van der Waals surface area contributed by atoms with Crippen molar-refractivity contribution in [2.75, 3.05) is 5.75 Å². The van der Waals surface area contributed by atoms with Crippen LogP contribution in [0.2, 0.25) is 0 Å². The van der Waals surface area contributed by atoms with Gasteiger partial charge in [0, 0.05) is 11.3 Å². The highest BCUT2D eigenvalue weighted by Crippen LogP contribution is 2.29. The van der Waals surface area contributed by atoms with Crippen LogP contribution in [0.15, 0.2) is 70.9 Å². The average Bonchev–Trinajstić information content (AvgIpc) is 3.35. The Bertz CT molecular complexity index is 1130. The maximum Gasteiger partial charge on any atom is 0.212 e. The number of hydrogen-bond acceptors (Lipinski definition) is 5. The summed E-state index contributed by atoms with van der Waals surface area (Å²) in [5.74, 6) is 1.44. The van der Waals surface area contributed by atoms with E-state index < -0.39 is 0 Å². The molecule has 0 unspecified atom stereocenters. The maximum atomic E-state index is 4.79. The minimum Gasteiger partial charge on any atom is -0.274 e. The molecule has 0 radical (unpaired) electrons. The summed E-state index contributed by atoms with van der Waals surface area (Å²) < 4.78 is 1.79. The van der Waals surface area contributed by atoms with Gasteiger partial charge < -0.3 is 0 Å². The Morgan fingerprint density at radius 1 is 0.963 bits per heavy atom. The molecule has 1 N–H and O–H groups in total. The molecule has 0 spiro atoms. The second-order valence-corrected chi connectivity index (χ2v) is 7.29. The molecule has 0 saturated carbocycles. The molecule has 3 heterocycles. The standard InChI is InChI=1S/C20H16N6S/c1-13-7-9-15(10-8-13)16-11-17(22-21-16)19-23-24-20-26(19)25-18(12-27-20)14-5-3-2-4-6-14/h2-11H,12H2,1H3,(H,21,22). The van der Waals surface area contributed by atoms with Crippen molar-refractivity contribution < 1.29 is 0 Å². The van der Waals surface area contributed by atoms with Crippen LogP contribution in [0.25, 0.3) is 22.8 Å². The second-order valence-electron chi connectivity index (χ2n) is 6.35. The number of aromatic amines is 1. The molecule has 0 atom stereocenters. The van der Waals surface area contributed by atoms with Crippen LogP contribution in [-0.4, -0.2) is 36.5 Å². The first-order valence-electron chi connectivity index (χ1n) is 8.62. The number of rotatable bonds is 3. The number of nitrogens with zero attached hydrogens (tertiary/aromatic N) is 5. The third-order valence-corrected chi connectivity index (χ3v) is 5.37. The molecule has 5 rings (SSSR count). The number of fused-ring (bicyclic) bond motifs is 1. The summed E-state index contributed by atoms with van der Waals surface area (Å²) >= 11 is 1.64. The van der Waals surface area contributed by atoms with E-state index in [2.05, 4.69) is 63.7 Å². The molecular weight excluding hydrogens is 356 g/mol. The van der Waals surface area contributed by atoms with E-state index in [1.165, 1.54) is 5.56 Å². The quantitative estimate of drug-likeness (QED) is 0.590. The Labute approximate surface area is 160 Å². The van der Waals surface area contributed by atoms with Crippen LogP contribution in [-0.2, 0) is 0 Å². The number of H-pyrrole nitrogens is 1. The highest BCUT2D eigenvalue weighted by atomic mass is 32.2. The van der Waals surface area contributed by atoms with Crippen molar-refractivity contribution in [3.8, 4) is 22.8 Å². The number of hydrogen-bond donors (Lipinski definition) is 1. The molecule has 0 bridgehead atoms. The minimum absolute atomic E-state index is 0.663. The molecular formula is C20H16N6S. The SMILES string of the molecule is Cc1ccc(-c2cc(-c3nnc4n3N=C(c3ccccc3)CS4)[nH]n2)cc1. The smallest absolute Gasteiger partial charge is 0.212 e. The lowest BCUT2D eigenvalue weighted by Crippen LogP contribution is -2.13. The van der Waals surface area contributed by atoms with Crippen LogP contribution in [0.5, 0.6) is 0 Å². The molecule has 1 aliphatic rings. The van der Waals surface area contributed by atoms with Crippen molar-refractivity contribution in [2.45, 2.75) is 12.1 Å².